The van der Waals surface area contributed by atoms with Gasteiger partial charge in [0.25, 0.3) is 5.91 Å². The highest BCUT2D eigenvalue weighted by Crippen LogP contribution is 2.26. The first-order valence-electron chi connectivity index (χ1n) is 9.22. The number of aromatic nitrogens is 1. The van der Waals surface area contributed by atoms with Crippen LogP contribution in [0.2, 0.25) is 0 Å². The van der Waals surface area contributed by atoms with Crippen molar-refractivity contribution in [3.63, 3.8) is 0 Å². The molecule has 0 saturated heterocycles. The van der Waals surface area contributed by atoms with Crippen LogP contribution in [0.25, 0.3) is 0 Å². The fourth-order valence-electron chi connectivity index (χ4n) is 3.06. The molecule has 0 aliphatic carbocycles. The van der Waals surface area contributed by atoms with Crippen LogP contribution < -0.4 is 9.47 Å². The molecule has 1 aromatic carbocycles. The van der Waals surface area contributed by atoms with Crippen molar-refractivity contribution in [1.82, 2.24) is 14.8 Å². The number of rotatable bonds is 5. The number of methoxy groups -OCH3 is 1. The third kappa shape index (κ3) is 4.60. The average molecular weight is 383 g/mol. The SMILES string of the molecule is COc1ccc(C(=O)N2CCOc3ccc(CCC(=O)N(C)C)cc3C2)cn1. The molecule has 1 aliphatic rings. The quantitative estimate of drug-likeness (QED) is 0.791. The van der Waals surface area contributed by atoms with Gasteiger partial charge in [-0.25, -0.2) is 4.98 Å². The minimum Gasteiger partial charge on any atom is -0.491 e. The molecule has 1 aliphatic heterocycles. The molecule has 2 heterocycles. The number of ether oxygens (including phenoxy) is 2. The van der Waals surface area contributed by atoms with E-state index in [0.717, 1.165) is 16.9 Å². The van der Waals surface area contributed by atoms with E-state index in [4.69, 9.17) is 9.47 Å². The van der Waals surface area contributed by atoms with Gasteiger partial charge in [-0.05, 0) is 24.1 Å². The Hall–Kier alpha value is -3.09. The third-order valence-electron chi connectivity index (χ3n) is 4.71. The molecule has 7 heteroatoms. The van der Waals surface area contributed by atoms with E-state index < -0.39 is 0 Å². The Balaban J connectivity index is 1.74. The summed E-state index contributed by atoms with van der Waals surface area (Å²) in [5.41, 5.74) is 2.51. The van der Waals surface area contributed by atoms with Gasteiger partial charge in [-0.2, -0.15) is 0 Å². The standard InChI is InChI=1S/C21H25N3O4/c1-23(2)20(25)9-5-15-4-7-18-17(12-15)14-24(10-11-28-18)21(26)16-6-8-19(27-3)22-13-16/h4,6-8,12-13H,5,9-11,14H2,1-3H3. The van der Waals surface area contributed by atoms with E-state index in [1.807, 2.05) is 18.2 Å². The summed E-state index contributed by atoms with van der Waals surface area (Å²) in [4.78, 5) is 32.2. The van der Waals surface area contributed by atoms with Crippen molar-refractivity contribution in [3.05, 3.63) is 53.2 Å². The van der Waals surface area contributed by atoms with Gasteiger partial charge >= 0.3 is 0 Å². The van der Waals surface area contributed by atoms with Gasteiger partial charge in [-0.15, -0.1) is 0 Å². The summed E-state index contributed by atoms with van der Waals surface area (Å²) in [7, 11) is 5.05. The predicted molar refractivity (Wildman–Crippen MR) is 104 cm³/mol. The molecule has 7 nitrogen and oxygen atoms in total. The topological polar surface area (TPSA) is 72.0 Å². The summed E-state index contributed by atoms with van der Waals surface area (Å²) in [5.74, 6) is 1.25. The lowest BCUT2D eigenvalue weighted by Gasteiger charge is -2.20. The summed E-state index contributed by atoms with van der Waals surface area (Å²) in [6.07, 6.45) is 2.63. The zero-order valence-electron chi connectivity index (χ0n) is 16.5. The van der Waals surface area contributed by atoms with Gasteiger partial charge in [0.05, 0.1) is 19.2 Å². The molecule has 3 rings (SSSR count). The van der Waals surface area contributed by atoms with Gasteiger partial charge in [0.1, 0.15) is 12.4 Å². The second-order valence-electron chi connectivity index (χ2n) is 6.89. The Bertz CT molecular complexity index is 849. The summed E-state index contributed by atoms with van der Waals surface area (Å²) >= 11 is 0. The number of aryl methyl sites for hydroxylation is 1. The average Bonchev–Trinajstić information content (AvgIpc) is 2.93. The number of carbonyl (C=O) groups excluding carboxylic acids is 2. The van der Waals surface area contributed by atoms with Crippen molar-refractivity contribution in [1.29, 1.82) is 0 Å². The Labute approximate surface area is 164 Å². The minimum absolute atomic E-state index is 0.0926. The van der Waals surface area contributed by atoms with Crippen LogP contribution >= 0.6 is 0 Å². The predicted octanol–water partition coefficient (Wildman–Crippen LogP) is 2.15. The van der Waals surface area contributed by atoms with E-state index in [1.165, 1.54) is 13.3 Å². The molecule has 2 amide bonds. The van der Waals surface area contributed by atoms with Crippen LogP contribution in [-0.2, 0) is 17.8 Å². The number of pyridine rings is 1. The first-order chi connectivity index (χ1) is 13.5. The van der Waals surface area contributed by atoms with Gasteiger partial charge in [-0.3, -0.25) is 9.59 Å². The van der Waals surface area contributed by atoms with Crippen LogP contribution in [-0.4, -0.2) is 61.0 Å². The zero-order chi connectivity index (χ0) is 20.1. The molecule has 2 aromatic rings. The maximum Gasteiger partial charge on any atom is 0.255 e. The van der Waals surface area contributed by atoms with Crippen LogP contribution in [0.4, 0.5) is 0 Å². The van der Waals surface area contributed by atoms with Crippen molar-refractivity contribution in [2.45, 2.75) is 19.4 Å². The molecular weight excluding hydrogens is 358 g/mol. The van der Waals surface area contributed by atoms with Gasteiger partial charge in [0.15, 0.2) is 0 Å². The van der Waals surface area contributed by atoms with Crippen molar-refractivity contribution in [3.8, 4) is 11.6 Å². The van der Waals surface area contributed by atoms with Crippen LogP contribution in [0.1, 0.15) is 27.9 Å². The lowest BCUT2D eigenvalue weighted by molar-refractivity contribution is -0.128. The first-order valence-corrected chi connectivity index (χ1v) is 9.22. The Morgan fingerprint density at radius 3 is 2.75 bits per heavy atom. The second kappa shape index (κ2) is 8.73. The smallest absolute Gasteiger partial charge is 0.255 e. The number of carbonyl (C=O) groups is 2. The largest absolute Gasteiger partial charge is 0.491 e. The molecule has 1 aromatic heterocycles. The maximum absolute atomic E-state index is 12.9. The Morgan fingerprint density at radius 2 is 2.07 bits per heavy atom. The fraction of sp³-hybridized carbons (Fsp3) is 0.381. The van der Waals surface area contributed by atoms with E-state index in [9.17, 15) is 9.59 Å². The number of hydrogen-bond donors (Lipinski definition) is 0. The van der Waals surface area contributed by atoms with Gasteiger partial charge in [0, 0.05) is 44.9 Å². The van der Waals surface area contributed by atoms with Gasteiger partial charge in [0.2, 0.25) is 11.8 Å². The summed E-state index contributed by atoms with van der Waals surface area (Å²) < 4.78 is 10.9. The van der Waals surface area contributed by atoms with Crippen LogP contribution in [0.3, 0.4) is 0 Å². The lowest BCUT2D eigenvalue weighted by atomic mass is 10.0. The van der Waals surface area contributed by atoms with Gasteiger partial charge < -0.3 is 19.3 Å². The maximum atomic E-state index is 12.9. The lowest BCUT2D eigenvalue weighted by Crippen LogP contribution is -2.32. The van der Waals surface area contributed by atoms with E-state index in [2.05, 4.69) is 4.98 Å². The van der Waals surface area contributed by atoms with Crippen molar-refractivity contribution in [2.24, 2.45) is 0 Å². The van der Waals surface area contributed by atoms with Crippen LogP contribution in [0, 0.1) is 0 Å². The van der Waals surface area contributed by atoms with E-state index in [0.29, 0.717) is 44.0 Å². The van der Waals surface area contributed by atoms with Gasteiger partial charge in [-0.1, -0.05) is 12.1 Å². The molecule has 0 atom stereocenters. The Kier molecular flexibility index (Phi) is 6.13. The molecule has 0 bridgehead atoms. The molecule has 148 valence electrons. The summed E-state index contributed by atoms with van der Waals surface area (Å²) in [5, 5.41) is 0. The van der Waals surface area contributed by atoms with E-state index in [-0.39, 0.29) is 11.8 Å². The minimum atomic E-state index is -0.0974. The van der Waals surface area contributed by atoms with Crippen LogP contribution in [0.5, 0.6) is 11.6 Å². The molecule has 0 spiro atoms. The second-order valence-corrected chi connectivity index (χ2v) is 6.89. The zero-order valence-corrected chi connectivity index (χ0v) is 16.5. The molecule has 0 N–H and O–H groups in total. The number of fused-ring (bicyclic) bond motifs is 1. The normalized spacial score (nSPS) is 13.2. The molecule has 0 unspecified atom stereocenters. The van der Waals surface area contributed by atoms with E-state index >= 15 is 0 Å². The molecule has 0 fully saturated rings. The molecular formula is C21H25N3O4. The number of hydrogen-bond acceptors (Lipinski definition) is 5. The number of benzene rings is 1. The molecule has 0 saturated carbocycles. The summed E-state index contributed by atoms with van der Waals surface area (Å²) in [6.45, 7) is 1.38. The van der Waals surface area contributed by atoms with Crippen LogP contribution in [0.15, 0.2) is 36.5 Å². The highest BCUT2D eigenvalue weighted by molar-refractivity contribution is 5.94. The highest BCUT2D eigenvalue weighted by atomic mass is 16.5. The first kappa shape index (κ1) is 19.7. The number of amides is 2. The van der Waals surface area contributed by atoms with Crippen molar-refractivity contribution in [2.75, 3.05) is 34.4 Å². The Morgan fingerprint density at radius 1 is 1.25 bits per heavy atom. The van der Waals surface area contributed by atoms with E-state index in [1.54, 1.807) is 36.0 Å². The summed E-state index contributed by atoms with van der Waals surface area (Å²) in [6, 6.07) is 9.32. The monoisotopic (exact) mass is 383 g/mol. The molecule has 0 radical (unpaired) electrons. The van der Waals surface area contributed by atoms with Crippen molar-refractivity contribution < 1.29 is 19.1 Å². The fourth-order valence-corrected chi connectivity index (χ4v) is 3.06. The van der Waals surface area contributed by atoms with Crippen molar-refractivity contribution >= 4 is 11.8 Å². The number of nitrogens with zero attached hydrogens (tertiary/aromatic N) is 3. The molecule has 28 heavy (non-hydrogen) atoms. The highest BCUT2D eigenvalue weighted by Gasteiger charge is 2.22. The third-order valence-corrected chi connectivity index (χ3v) is 4.71.